The highest BCUT2D eigenvalue weighted by Crippen LogP contribution is 2.41. The van der Waals surface area contributed by atoms with Crippen LogP contribution in [0.15, 0.2) is 65.7 Å². The molecule has 0 atom stereocenters. The van der Waals surface area contributed by atoms with Crippen molar-refractivity contribution in [1.29, 1.82) is 0 Å². The second-order valence-corrected chi connectivity index (χ2v) is 11.5. The van der Waals surface area contributed by atoms with Crippen molar-refractivity contribution in [1.82, 2.24) is 9.29 Å². The summed E-state index contributed by atoms with van der Waals surface area (Å²) in [6, 6.07) is 15.1. The second kappa shape index (κ2) is 9.76. The number of rotatable bonds is 6. The van der Waals surface area contributed by atoms with Crippen LogP contribution in [-0.2, 0) is 21.3 Å². The zero-order chi connectivity index (χ0) is 24.5. The van der Waals surface area contributed by atoms with Crippen molar-refractivity contribution < 1.29 is 17.5 Å². The molecule has 3 aromatic rings. The van der Waals surface area contributed by atoms with Crippen LogP contribution in [-0.4, -0.2) is 45.7 Å². The number of nitrogens with one attached hydrogen (secondary N) is 1. The number of hydrogen-bond donors (Lipinski definition) is 1. The van der Waals surface area contributed by atoms with E-state index >= 15 is 0 Å². The first-order chi connectivity index (χ1) is 16.9. The highest BCUT2D eigenvalue weighted by atomic mass is 32.2. The van der Waals surface area contributed by atoms with Crippen LogP contribution in [0.5, 0.6) is 0 Å². The third-order valence-electron chi connectivity index (χ3n) is 7.49. The standard InChI is InChI=1S/C27H32FN3O3S/c1-29-19-21-17-26(24-7-2-3-8-25(24)28)31(20-21)35(32,33)23-6-4-5-22(18-23)30-13-9-27(10-14-30)11-15-34-16-12-27/h2-8,17-18,20,29H,9-16,19H2,1H3. The van der Waals surface area contributed by atoms with E-state index in [0.29, 0.717) is 17.7 Å². The fourth-order valence-corrected chi connectivity index (χ4v) is 6.79. The Morgan fingerprint density at radius 3 is 2.46 bits per heavy atom. The molecule has 5 rings (SSSR count). The van der Waals surface area contributed by atoms with Crippen LogP contribution in [0.25, 0.3) is 11.3 Å². The van der Waals surface area contributed by atoms with E-state index in [1.807, 2.05) is 6.07 Å². The molecule has 0 radical (unpaired) electrons. The van der Waals surface area contributed by atoms with Crippen molar-refractivity contribution >= 4 is 15.7 Å². The maximum Gasteiger partial charge on any atom is 0.268 e. The molecule has 2 aliphatic rings. The number of piperidine rings is 1. The van der Waals surface area contributed by atoms with E-state index in [9.17, 15) is 12.8 Å². The number of nitrogens with zero attached hydrogens (tertiary/aromatic N) is 2. The highest BCUT2D eigenvalue weighted by Gasteiger charge is 2.36. The van der Waals surface area contributed by atoms with Crippen molar-refractivity contribution in [2.24, 2.45) is 5.41 Å². The lowest BCUT2D eigenvalue weighted by atomic mass is 9.72. The van der Waals surface area contributed by atoms with Gasteiger partial charge in [-0.05, 0) is 80.1 Å². The van der Waals surface area contributed by atoms with E-state index in [1.54, 1.807) is 55.7 Å². The molecule has 0 aliphatic carbocycles. The number of anilines is 1. The Morgan fingerprint density at radius 1 is 1.00 bits per heavy atom. The molecule has 0 amide bonds. The first-order valence-electron chi connectivity index (χ1n) is 12.2. The van der Waals surface area contributed by atoms with Crippen LogP contribution in [0, 0.1) is 11.2 Å². The van der Waals surface area contributed by atoms with Crippen molar-refractivity contribution in [2.45, 2.75) is 37.1 Å². The lowest BCUT2D eigenvalue weighted by Crippen LogP contribution is -2.43. The predicted molar refractivity (Wildman–Crippen MR) is 136 cm³/mol. The Bertz CT molecular complexity index is 1290. The van der Waals surface area contributed by atoms with Crippen molar-refractivity contribution in [2.75, 3.05) is 38.3 Å². The molecular formula is C27H32FN3O3S. The van der Waals surface area contributed by atoms with Crippen molar-refractivity contribution in [3.63, 3.8) is 0 Å². The summed E-state index contributed by atoms with van der Waals surface area (Å²) in [7, 11) is -2.15. The average molecular weight is 498 g/mol. The van der Waals surface area contributed by atoms with Gasteiger partial charge in [-0.25, -0.2) is 16.8 Å². The molecule has 0 unspecified atom stereocenters. The first-order valence-corrected chi connectivity index (χ1v) is 13.7. The maximum atomic E-state index is 14.7. The maximum absolute atomic E-state index is 14.7. The zero-order valence-corrected chi connectivity index (χ0v) is 20.9. The molecule has 1 spiro atoms. The molecule has 1 aromatic heterocycles. The van der Waals surface area contributed by atoms with E-state index in [-0.39, 0.29) is 10.5 Å². The van der Waals surface area contributed by atoms with Gasteiger partial charge in [0, 0.05) is 50.3 Å². The number of halogens is 1. The summed E-state index contributed by atoms with van der Waals surface area (Å²) >= 11 is 0. The Kier molecular flexibility index (Phi) is 6.70. The molecule has 6 nitrogen and oxygen atoms in total. The summed E-state index contributed by atoms with van der Waals surface area (Å²) in [4.78, 5) is 2.48. The Labute approximate surface area is 206 Å². The number of hydrogen-bond acceptors (Lipinski definition) is 5. The van der Waals surface area contributed by atoms with Crippen LogP contribution < -0.4 is 10.2 Å². The van der Waals surface area contributed by atoms with Gasteiger partial charge in [-0.15, -0.1) is 0 Å². The van der Waals surface area contributed by atoms with Gasteiger partial charge in [0.1, 0.15) is 5.82 Å². The second-order valence-electron chi connectivity index (χ2n) is 9.64. The SMILES string of the molecule is CNCc1cc(-c2ccccc2F)n(S(=O)(=O)c2cccc(N3CCC4(CCOCC4)CC3)c2)c1. The van der Waals surface area contributed by atoms with Gasteiger partial charge in [0.25, 0.3) is 10.0 Å². The van der Waals surface area contributed by atoms with Crippen molar-refractivity contribution in [3.8, 4) is 11.3 Å². The van der Waals surface area contributed by atoms with Gasteiger partial charge in [-0.1, -0.05) is 18.2 Å². The van der Waals surface area contributed by atoms with Crippen molar-refractivity contribution in [3.05, 3.63) is 72.2 Å². The molecular weight excluding hydrogens is 465 g/mol. The minimum Gasteiger partial charge on any atom is -0.381 e. The summed E-state index contributed by atoms with van der Waals surface area (Å²) in [5.74, 6) is -0.456. The molecule has 2 aliphatic heterocycles. The lowest BCUT2D eigenvalue weighted by Gasteiger charge is -2.44. The fraction of sp³-hybridized carbons (Fsp3) is 0.407. The molecule has 8 heteroatoms. The molecule has 0 saturated carbocycles. The summed E-state index contributed by atoms with van der Waals surface area (Å²) < 4.78 is 49.1. The monoisotopic (exact) mass is 497 g/mol. The van der Waals surface area contributed by atoms with Gasteiger partial charge >= 0.3 is 0 Å². The summed E-state index contributed by atoms with van der Waals surface area (Å²) in [5, 5.41) is 3.04. The molecule has 1 N–H and O–H groups in total. The molecule has 186 valence electrons. The quantitative estimate of drug-likeness (QED) is 0.537. The fourth-order valence-electron chi connectivity index (χ4n) is 5.36. The average Bonchev–Trinajstić information content (AvgIpc) is 3.30. The van der Waals surface area contributed by atoms with Gasteiger partial charge in [0.15, 0.2) is 0 Å². The van der Waals surface area contributed by atoms with Gasteiger partial charge in [-0.3, -0.25) is 0 Å². The largest absolute Gasteiger partial charge is 0.381 e. The van der Waals surface area contributed by atoms with E-state index in [2.05, 4.69) is 10.2 Å². The smallest absolute Gasteiger partial charge is 0.268 e. The minimum atomic E-state index is -3.94. The van der Waals surface area contributed by atoms with Crippen LogP contribution in [0.1, 0.15) is 31.2 Å². The van der Waals surface area contributed by atoms with E-state index in [0.717, 1.165) is 63.2 Å². The van der Waals surface area contributed by atoms with Gasteiger partial charge < -0.3 is 15.0 Å². The van der Waals surface area contributed by atoms with Gasteiger partial charge in [0.05, 0.1) is 10.6 Å². The van der Waals surface area contributed by atoms with E-state index < -0.39 is 15.8 Å². The summed E-state index contributed by atoms with van der Waals surface area (Å²) in [6.07, 6.45) is 5.98. The van der Waals surface area contributed by atoms with Crippen LogP contribution >= 0.6 is 0 Å². The molecule has 3 heterocycles. The predicted octanol–water partition coefficient (Wildman–Crippen LogP) is 4.65. The molecule has 2 fully saturated rings. The van der Waals surface area contributed by atoms with E-state index in [1.165, 1.54) is 10.0 Å². The number of aromatic nitrogens is 1. The third-order valence-corrected chi connectivity index (χ3v) is 9.16. The van der Waals surface area contributed by atoms with Crippen LogP contribution in [0.4, 0.5) is 10.1 Å². The van der Waals surface area contributed by atoms with Gasteiger partial charge in [-0.2, -0.15) is 0 Å². The first kappa shape index (κ1) is 24.0. The van der Waals surface area contributed by atoms with Gasteiger partial charge in [0.2, 0.25) is 0 Å². The topological polar surface area (TPSA) is 63.6 Å². The highest BCUT2D eigenvalue weighted by molar-refractivity contribution is 7.90. The molecule has 35 heavy (non-hydrogen) atoms. The Balaban J connectivity index is 1.46. The summed E-state index contributed by atoms with van der Waals surface area (Å²) in [6.45, 7) is 3.96. The zero-order valence-electron chi connectivity index (χ0n) is 20.0. The molecule has 2 aromatic carbocycles. The lowest BCUT2D eigenvalue weighted by molar-refractivity contribution is 0.00212. The Morgan fingerprint density at radius 2 is 1.74 bits per heavy atom. The van der Waals surface area contributed by atoms with E-state index in [4.69, 9.17) is 4.74 Å². The molecule has 2 saturated heterocycles. The number of ether oxygens (including phenoxy) is 1. The Hall–Kier alpha value is -2.68. The normalized spacial score (nSPS) is 18.2. The van der Waals surface area contributed by atoms with Crippen LogP contribution in [0.3, 0.4) is 0 Å². The summed E-state index contributed by atoms with van der Waals surface area (Å²) in [5.41, 5.74) is 2.61. The number of benzene rings is 2. The third kappa shape index (κ3) is 4.75. The molecule has 0 bridgehead atoms. The minimum absolute atomic E-state index is 0.200. The van der Waals surface area contributed by atoms with Crippen LogP contribution in [0.2, 0.25) is 0 Å².